The van der Waals surface area contributed by atoms with Crippen LogP contribution in [0.2, 0.25) is 0 Å². The monoisotopic (exact) mass is 616 g/mol. The molecule has 4 aliphatic rings. The summed E-state index contributed by atoms with van der Waals surface area (Å²) in [5, 5.41) is 6.70. The SMILES string of the molecule is C[C@H]1CN(c2ccc(Nc3ncc(C(F)(F)F)c(-c4cc5c(s4)C(=O)N(C4COC4)CCS5)n3)c(C3CC3)c2)CCN1. The molecule has 0 bridgehead atoms. The number of rotatable bonds is 6. The van der Waals surface area contributed by atoms with Gasteiger partial charge in [0.05, 0.1) is 29.8 Å². The van der Waals surface area contributed by atoms with Crippen molar-refractivity contribution in [3.63, 3.8) is 0 Å². The third kappa shape index (κ3) is 5.47. The summed E-state index contributed by atoms with van der Waals surface area (Å²) >= 11 is 2.55. The standard InChI is InChI=1S/C29H31F3N6O2S2/c1-16-13-37(7-6-33-16)18-4-5-22(20(10-18)17-2-3-17)35-28-34-12-21(29(30,31)32)25(36-28)23-11-24-26(42-23)27(39)38(8-9-41-24)19-14-40-15-19/h4-5,10-12,16-17,19,33H,2-3,6-9,13-15H2,1H3,(H,34,35,36)/t16-/m0/s1. The lowest BCUT2D eigenvalue weighted by Crippen LogP contribution is -2.52. The van der Waals surface area contributed by atoms with Crippen molar-refractivity contribution in [1.29, 1.82) is 0 Å². The predicted molar refractivity (Wildman–Crippen MR) is 158 cm³/mol. The summed E-state index contributed by atoms with van der Waals surface area (Å²) in [6.07, 6.45) is -1.66. The number of thioether (sulfide) groups is 1. The van der Waals surface area contributed by atoms with E-state index < -0.39 is 11.7 Å². The molecule has 13 heteroatoms. The Morgan fingerprint density at radius 2 is 2.00 bits per heavy atom. The van der Waals surface area contributed by atoms with Crippen LogP contribution in [0.3, 0.4) is 0 Å². The number of piperazine rings is 1. The maximum atomic E-state index is 14.2. The number of halogens is 3. The highest BCUT2D eigenvalue weighted by atomic mass is 32.2. The molecule has 42 heavy (non-hydrogen) atoms. The fraction of sp³-hybridized carbons (Fsp3) is 0.483. The van der Waals surface area contributed by atoms with Crippen molar-refractivity contribution >= 4 is 46.3 Å². The number of aromatic nitrogens is 2. The third-order valence-corrected chi connectivity index (χ3v) is 10.4. The molecule has 7 rings (SSSR count). The van der Waals surface area contributed by atoms with Crippen LogP contribution < -0.4 is 15.5 Å². The molecule has 0 unspecified atom stereocenters. The van der Waals surface area contributed by atoms with Crippen molar-refractivity contribution in [3.8, 4) is 10.6 Å². The van der Waals surface area contributed by atoms with Crippen LogP contribution in [0.15, 0.2) is 35.4 Å². The lowest BCUT2D eigenvalue weighted by atomic mass is 10.1. The minimum Gasteiger partial charge on any atom is -0.377 e. The minimum atomic E-state index is -4.65. The Morgan fingerprint density at radius 3 is 2.71 bits per heavy atom. The molecule has 222 valence electrons. The predicted octanol–water partition coefficient (Wildman–Crippen LogP) is 5.59. The van der Waals surface area contributed by atoms with Gasteiger partial charge in [-0.25, -0.2) is 9.97 Å². The van der Waals surface area contributed by atoms with Crippen LogP contribution in [0.4, 0.5) is 30.5 Å². The van der Waals surface area contributed by atoms with Gasteiger partial charge in [-0.3, -0.25) is 4.79 Å². The van der Waals surface area contributed by atoms with Gasteiger partial charge in [0.25, 0.3) is 5.91 Å². The Labute approximate surface area is 250 Å². The number of anilines is 3. The number of nitrogens with zero attached hydrogens (tertiary/aromatic N) is 4. The molecule has 1 amide bonds. The minimum absolute atomic E-state index is 0.0113. The molecular formula is C29H31F3N6O2S2. The van der Waals surface area contributed by atoms with Crippen LogP contribution >= 0.6 is 23.1 Å². The highest BCUT2D eigenvalue weighted by Crippen LogP contribution is 2.46. The van der Waals surface area contributed by atoms with Crippen LogP contribution in [0, 0.1) is 0 Å². The molecule has 1 saturated carbocycles. The van der Waals surface area contributed by atoms with Crippen molar-refractivity contribution < 1.29 is 22.7 Å². The Bertz CT molecular complexity index is 1510. The maximum Gasteiger partial charge on any atom is 0.420 e. The first kappa shape index (κ1) is 27.9. The normalized spacial score (nSPS) is 21.6. The molecule has 3 fully saturated rings. The van der Waals surface area contributed by atoms with Gasteiger partial charge < -0.3 is 25.2 Å². The molecule has 8 nitrogen and oxygen atoms in total. The topological polar surface area (TPSA) is 82.6 Å². The van der Waals surface area contributed by atoms with Crippen LogP contribution in [-0.2, 0) is 10.9 Å². The number of fused-ring (bicyclic) bond motifs is 1. The van der Waals surface area contributed by atoms with Crippen LogP contribution in [0.1, 0.15) is 46.5 Å². The van der Waals surface area contributed by atoms with Crippen molar-refractivity contribution in [2.75, 3.05) is 55.4 Å². The summed E-state index contributed by atoms with van der Waals surface area (Å²) in [5.41, 5.74) is 1.95. The van der Waals surface area contributed by atoms with Gasteiger partial charge in [-0.2, -0.15) is 13.2 Å². The third-order valence-electron chi connectivity index (χ3n) is 8.16. The van der Waals surface area contributed by atoms with Gasteiger partial charge in [0.15, 0.2) is 0 Å². The number of benzene rings is 1. The fourth-order valence-corrected chi connectivity index (χ4v) is 8.02. The van der Waals surface area contributed by atoms with E-state index >= 15 is 0 Å². The van der Waals surface area contributed by atoms with E-state index in [1.54, 1.807) is 11.0 Å². The Hall–Kier alpha value is -2.87. The van der Waals surface area contributed by atoms with Gasteiger partial charge >= 0.3 is 6.18 Å². The van der Waals surface area contributed by atoms with E-state index in [0.29, 0.717) is 52.1 Å². The van der Waals surface area contributed by atoms with Crippen molar-refractivity contribution in [2.24, 2.45) is 0 Å². The average Bonchev–Trinajstić information content (AvgIpc) is 3.71. The smallest absolute Gasteiger partial charge is 0.377 e. The number of carbonyl (C=O) groups excluding carboxylic acids is 1. The van der Waals surface area contributed by atoms with Gasteiger partial charge in [0.1, 0.15) is 10.4 Å². The van der Waals surface area contributed by atoms with E-state index in [9.17, 15) is 18.0 Å². The van der Waals surface area contributed by atoms with E-state index in [2.05, 4.69) is 44.6 Å². The highest BCUT2D eigenvalue weighted by molar-refractivity contribution is 7.99. The quantitative estimate of drug-likeness (QED) is 0.371. The zero-order chi connectivity index (χ0) is 29.0. The summed E-state index contributed by atoms with van der Waals surface area (Å²) in [4.78, 5) is 27.5. The number of amides is 1. The molecule has 2 saturated heterocycles. The molecule has 5 heterocycles. The van der Waals surface area contributed by atoms with Crippen LogP contribution in [0.25, 0.3) is 10.6 Å². The molecule has 3 aliphatic heterocycles. The maximum absolute atomic E-state index is 14.2. The van der Waals surface area contributed by atoms with Crippen molar-refractivity contribution in [3.05, 3.63) is 46.5 Å². The fourth-order valence-electron chi connectivity index (χ4n) is 5.70. The number of alkyl halides is 3. The Balaban J connectivity index is 1.21. The number of hydrogen-bond donors (Lipinski definition) is 2. The summed E-state index contributed by atoms with van der Waals surface area (Å²) < 4.78 is 47.8. The summed E-state index contributed by atoms with van der Waals surface area (Å²) in [6, 6.07) is 8.31. The van der Waals surface area contributed by atoms with Crippen molar-refractivity contribution in [1.82, 2.24) is 20.2 Å². The molecule has 2 N–H and O–H groups in total. The number of thiophene rings is 1. The van der Waals surface area contributed by atoms with E-state index in [1.165, 1.54) is 11.8 Å². The van der Waals surface area contributed by atoms with Gasteiger partial charge in [-0.15, -0.1) is 23.1 Å². The molecule has 1 aromatic carbocycles. The second-order valence-electron chi connectivity index (χ2n) is 11.3. The average molecular weight is 617 g/mol. The largest absolute Gasteiger partial charge is 0.420 e. The van der Waals surface area contributed by atoms with Crippen molar-refractivity contribution in [2.45, 2.75) is 48.8 Å². The zero-order valence-electron chi connectivity index (χ0n) is 23.0. The Morgan fingerprint density at radius 1 is 1.17 bits per heavy atom. The first-order valence-corrected chi connectivity index (χ1v) is 16.0. The number of nitrogens with one attached hydrogen (secondary N) is 2. The lowest BCUT2D eigenvalue weighted by Gasteiger charge is -2.36. The van der Waals surface area contributed by atoms with E-state index in [0.717, 1.165) is 66.9 Å². The number of carbonyl (C=O) groups is 1. The summed E-state index contributed by atoms with van der Waals surface area (Å²) in [7, 11) is 0. The molecular weight excluding hydrogens is 585 g/mol. The molecule has 1 atom stereocenters. The van der Waals surface area contributed by atoms with Gasteiger partial charge in [-0.05, 0) is 55.5 Å². The van der Waals surface area contributed by atoms with Gasteiger partial charge in [-0.1, -0.05) is 0 Å². The van der Waals surface area contributed by atoms with E-state index in [4.69, 9.17) is 4.74 Å². The first-order valence-electron chi connectivity index (χ1n) is 14.2. The van der Waals surface area contributed by atoms with Gasteiger partial charge in [0, 0.05) is 60.4 Å². The Kier molecular flexibility index (Phi) is 7.32. The summed E-state index contributed by atoms with van der Waals surface area (Å²) in [5.74, 6) is 1.01. The molecule has 0 radical (unpaired) electrons. The molecule has 1 aliphatic carbocycles. The first-order chi connectivity index (χ1) is 20.2. The van der Waals surface area contributed by atoms with Crippen LogP contribution in [0.5, 0.6) is 0 Å². The molecule has 0 spiro atoms. The second-order valence-corrected chi connectivity index (χ2v) is 13.5. The molecule has 2 aromatic heterocycles. The summed E-state index contributed by atoms with van der Waals surface area (Å²) in [6.45, 7) is 6.49. The number of ether oxygens (including phenoxy) is 1. The van der Waals surface area contributed by atoms with E-state index in [-0.39, 0.29) is 23.6 Å². The zero-order valence-corrected chi connectivity index (χ0v) is 24.7. The lowest BCUT2D eigenvalue weighted by molar-refractivity contribution is -0.137. The molecule has 3 aromatic rings. The highest BCUT2D eigenvalue weighted by Gasteiger charge is 2.38. The van der Waals surface area contributed by atoms with E-state index in [1.807, 2.05) is 6.07 Å². The van der Waals surface area contributed by atoms with Crippen LogP contribution in [-0.4, -0.2) is 78.0 Å². The van der Waals surface area contributed by atoms with Gasteiger partial charge in [0.2, 0.25) is 5.95 Å². The second kappa shape index (κ2) is 11.0. The number of hydrogen-bond acceptors (Lipinski definition) is 9.